The number of hydrogen-bond donors (Lipinski definition) is 0. The summed E-state index contributed by atoms with van der Waals surface area (Å²) in [6.45, 7) is 3.94. The van der Waals surface area contributed by atoms with Crippen molar-refractivity contribution in [2.24, 2.45) is 29.6 Å². The molecule has 0 N–H and O–H groups in total. The molecule has 1 aliphatic heterocycles. The Hall–Kier alpha value is -0.480. The lowest BCUT2D eigenvalue weighted by Gasteiger charge is -2.37. The van der Waals surface area contributed by atoms with Gasteiger partial charge >= 0.3 is 0 Å². The Morgan fingerprint density at radius 3 is 2.08 bits per heavy atom. The number of allylic oxidation sites excluding steroid dienone is 1. The molecule has 25 heavy (non-hydrogen) atoms. The summed E-state index contributed by atoms with van der Waals surface area (Å²) in [6.07, 6.45) is 11.2. The lowest BCUT2D eigenvalue weighted by molar-refractivity contribution is -0.213. The smallest absolute Gasteiger partial charge is 0.266 e. The van der Waals surface area contributed by atoms with Crippen molar-refractivity contribution < 1.29 is 18.3 Å². The first-order valence-electron chi connectivity index (χ1n) is 10.4. The van der Waals surface area contributed by atoms with Crippen LogP contribution in [0, 0.1) is 29.6 Å². The predicted octanol–water partition coefficient (Wildman–Crippen LogP) is 6.17. The van der Waals surface area contributed by atoms with Crippen molar-refractivity contribution in [1.29, 1.82) is 0 Å². The van der Waals surface area contributed by atoms with Crippen molar-refractivity contribution in [3.05, 3.63) is 12.2 Å². The van der Waals surface area contributed by atoms with E-state index in [4.69, 9.17) is 9.47 Å². The third-order valence-electron chi connectivity index (χ3n) is 6.78. The van der Waals surface area contributed by atoms with E-state index in [1.807, 2.05) is 0 Å². The van der Waals surface area contributed by atoms with E-state index in [-0.39, 0.29) is 12.2 Å². The first-order chi connectivity index (χ1) is 12.1. The van der Waals surface area contributed by atoms with E-state index in [0.717, 1.165) is 63.2 Å². The summed E-state index contributed by atoms with van der Waals surface area (Å²) >= 11 is 0. The molecule has 0 aromatic carbocycles. The highest BCUT2D eigenvalue weighted by Crippen LogP contribution is 2.37. The van der Waals surface area contributed by atoms with E-state index in [1.165, 1.54) is 32.1 Å². The average molecular weight is 356 g/mol. The average Bonchev–Trinajstić information content (AvgIpc) is 2.62. The monoisotopic (exact) mass is 356 g/mol. The SMILES string of the molecule is CC1CCC(CCC2OCC(C3CCC(C=C(F)F)CC3)CO2)CC1. The van der Waals surface area contributed by atoms with Gasteiger partial charge in [0.1, 0.15) is 0 Å². The Balaban J connectivity index is 1.32. The van der Waals surface area contributed by atoms with E-state index in [0.29, 0.717) is 11.8 Å². The maximum atomic E-state index is 12.4. The third kappa shape index (κ3) is 6.02. The van der Waals surface area contributed by atoms with Crippen molar-refractivity contribution >= 4 is 0 Å². The van der Waals surface area contributed by atoms with Gasteiger partial charge in [0.15, 0.2) is 6.29 Å². The van der Waals surface area contributed by atoms with Gasteiger partial charge < -0.3 is 9.47 Å². The second kappa shape index (κ2) is 9.45. The van der Waals surface area contributed by atoms with Crippen LogP contribution in [0.2, 0.25) is 0 Å². The molecular formula is C21H34F2O2. The molecule has 3 fully saturated rings. The zero-order valence-corrected chi connectivity index (χ0v) is 15.6. The molecule has 1 saturated heterocycles. The summed E-state index contributed by atoms with van der Waals surface area (Å²) < 4.78 is 36.7. The zero-order chi connectivity index (χ0) is 17.6. The fraction of sp³-hybridized carbons (Fsp3) is 0.905. The molecule has 0 unspecified atom stereocenters. The van der Waals surface area contributed by atoms with Gasteiger partial charge in [-0.05, 0) is 68.3 Å². The van der Waals surface area contributed by atoms with Crippen molar-refractivity contribution in [2.75, 3.05) is 13.2 Å². The van der Waals surface area contributed by atoms with Crippen molar-refractivity contribution in [2.45, 2.75) is 77.4 Å². The molecule has 2 aliphatic carbocycles. The van der Waals surface area contributed by atoms with Crippen LogP contribution >= 0.6 is 0 Å². The molecule has 0 aromatic heterocycles. The highest BCUT2D eigenvalue weighted by Gasteiger charge is 2.32. The van der Waals surface area contributed by atoms with Gasteiger partial charge in [0.25, 0.3) is 6.08 Å². The number of hydrogen-bond acceptors (Lipinski definition) is 2. The second-order valence-corrected chi connectivity index (χ2v) is 8.69. The zero-order valence-electron chi connectivity index (χ0n) is 15.6. The molecule has 4 heteroatoms. The van der Waals surface area contributed by atoms with Crippen LogP contribution in [0.1, 0.15) is 71.1 Å². The maximum Gasteiger partial charge on any atom is 0.266 e. The molecular weight excluding hydrogens is 322 g/mol. The van der Waals surface area contributed by atoms with Crippen LogP contribution < -0.4 is 0 Å². The first kappa shape index (κ1) is 19.3. The summed E-state index contributed by atoms with van der Waals surface area (Å²) in [5.74, 6) is 2.86. The van der Waals surface area contributed by atoms with Gasteiger partial charge in [0.2, 0.25) is 0 Å². The molecule has 1 heterocycles. The molecule has 3 aliphatic rings. The van der Waals surface area contributed by atoms with Crippen molar-refractivity contribution in [3.63, 3.8) is 0 Å². The standard InChI is InChI=1S/C21H34F2O2/c1-15-2-4-16(5-3-15)8-11-21-24-13-19(14-25-21)18-9-6-17(7-10-18)12-20(22)23/h12,15-19,21H,2-11,13-14H2,1H3. The Morgan fingerprint density at radius 2 is 1.48 bits per heavy atom. The van der Waals surface area contributed by atoms with E-state index >= 15 is 0 Å². The van der Waals surface area contributed by atoms with Gasteiger partial charge in [-0.1, -0.05) is 32.6 Å². The van der Waals surface area contributed by atoms with Gasteiger partial charge in [-0.3, -0.25) is 0 Å². The van der Waals surface area contributed by atoms with Crippen LogP contribution in [0.4, 0.5) is 8.78 Å². The van der Waals surface area contributed by atoms with Crippen LogP contribution in [0.3, 0.4) is 0 Å². The van der Waals surface area contributed by atoms with E-state index in [9.17, 15) is 8.78 Å². The minimum atomic E-state index is -1.52. The number of ether oxygens (including phenoxy) is 2. The Labute approximate surface area is 151 Å². The fourth-order valence-corrected chi connectivity index (χ4v) is 4.95. The lowest BCUT2D eigenvalue weighted by atomic mass is 9.76. The molecule has 3 rings (SSSR count). The Kier molecular flexibility index (Phi) is 7.29. The minimum Gasteiger partial charge on any atom is -0.352 e. The summed E-state index contributed by atoms with van der Waals surface area (Å²) in [7, 11) is 0. The van der Waals surface area contributed by atoms with E-state index in [2.05, 4.69) is 6.92 Å². The van der Waals surface area contributed by atoms with Crippen molar-refractivity contribution in [3.8, 4) is 0 Å². The summed E-state index contributed by atoms with van der Waals surface area (Å²) in [5, 5.41) is 0. The van der Waals surface area contributed by atoms with Crippen molar-refractivity contribution in [1.82, 2.24) is 0 Å². The topological polar surface area (TPSA) is 18.5 Å². The van der Waals surface area contributed by atoms with Crippen LogP contribution in [-0.2, 0) is 9.47 Å². The number of rotatable bonds is 5. The van der Waals surface area contributed by atoms with Crippen LogP contribution in [-0.4, -0.2) is 19.5 Å². The van der Waals surface area contributed by atoms with Crippen LogP contribution in [0.25, 0.3) is 0 Å². The van der Waals surface area contributed by atoms with E-state index in [1.54, 1.807) is 0 Å². The third-order valence-corrected chi connectivity index (χ3v) is 6.78. The normalized spacial score (nSPS) is 39.8. The fourth-order valence-electron chi connectivity index (χ4n) is 4.95. The maximum absolute atomic E-state index is 12.4. The second-order valence-electron chi connectivity index (χ2n) is 8.69. The molecule has 0 amide bonds. The summed E-state index contributed by atoms with van der Waals surface area (Å²) in [4.78, 5) is 0. The highest BCUT2D eigenvalue weighted by atomic mass is 19.3. The molecule has 144 valence electrons. The summed E-state index contributed by atoms with van der Waals surface area (Å²) in [6, 6.07) is 0. The largest absolute Gasteiger partial charge is 0.352 e. The van der Waals surface area contributed by atoms with Crippen LogP contribution in [0.15, 0.2) is 12.2 Å². The van der Waals surface area contributed by atoms with Gasteiger partial charge in [-0.15, -0.1) is 0 Å². The van der Waals surface area contributed by atoms with Gasteiger partial charge in [-0.25, -0.2) is 0 Å². The van der Waals surface area contributed by atoms with Gasteiger partial charge in [-0.2, -0.15) is 8.78 Å². The Morgan fingerprint density at radius 1 is 0.840 bits per heavy atom. The lowest BCUT2D eigenvalue weighted by Crippen LogP contribution is -2.37. The molecule has 0 atom stereocenters. The molecule has 0 aromatic rings. The molecule has 0 spiro atoms. The van der Waals surface area contributed by atoms with Gasteiger partial charge in [0, 0.05) is 5.92 Å². The Bertz CT molecular complexity index is 412. The number of halogens is 2. The predicted molar refractivity (Wildman–Crippen MR) is 95.3 cm³/mol. The minimum absolute atomic E-state index is 0.0181. The molecule has 2 saturated carbocycles. The first-order valence-corrected chi connectivity index (χ1v) is 10.4. The molecule has 0 bridgehead atoms. The molecule has 2 nitrogen and oxygen atoms in total. The van der Waals surface area contributed by atoms with Gasteiger partial charge in [0.05, 0.1) is 13.2 Å². The van der Waals surface area contributed by atoms with Crippen LogP contribution in [0.5, 0.6) is 0 Å². The molecule has 0 radical (unpaired) electrons. The quantitative estimate of drug-likeness (QED) is 0.586. The van der Waals surface area contributed by atoms with E-state index < -0.39 is 6.08 Å². The summed E-state index contributed by atoms with van der Waals surface area (Å²) in [5.41, 5.74) is 0. The highest BCUT2D eigenvalue weighted by molar-refractivity contribution is 4.92.